The maximum atomic E-state index is 14.0. The van der Waals surface area contributed by atoms with Gasteiger partial charge < -0.3 is 20.8 Å². The Morgan fingerprint density at radius 1 is 1.27 bits per heavy atom. The van der Waals surface area contributed by atoms with Gasteiger partial charge in [0, 0.05) is 35.5 Å². The monoisotopic (exact) mass is 521 g/mol. The summed E-state index contributed by atoms with van der Waals surface area (Å²) in [5.41, 5.74) is 7.55. The lowest BCUT2D eigenvalue weighted by atomic mass is 10.1. The van der Waals surface area contributed by atoms with E-state index in [0.717, 1.165) is 12.1 Å². The fourth-order valence-corrected chi connectivity index (χ4v) is 3.40. The van der Waals surface area contributed by atoms with Gasteiger partial charge in [0.2, 0.25) is 5.91 Å². The Morgan fingerprint density at radius 2 is 1.97 bits per heavy atom. The van der Waals surface area contributed by atoms with E-state index in [-0.39, 0.29) is 41.3 Å². The van der Waals surface area contributed by atoms with Crippen molar-refractivity contribution in [3.05, 3.63) is 85.3 Å². The van der Waals surface area contributed by atoms with E-state index < -0.39 is 23.2 Å². The van der Waals surface area contributed by atoms with Crippen molar-refractivity contribution in [2.24, 2.45) is 5.73 Å². The van der Waals surface area contributed by atoms with Crippen LogP contribution in [0.15, 0.2) is 39.9 Å². The van der Waals surface area contributed by atoms with Crippen molar-refractivity contribution in [3.8, 4) is 5.75 Å². The van der Waals surface area contributed by atoms with Crippen LogP contribution in [0.25, 0.3) is 0 Å². The average Bonchev–Trinajstić information content (AvgIpc) is 2.77. The number of aromatic nitrogens is 3. The second-order valence-electron chi connectivity index (χ2n) is 7.41. The second-order valence-corrected chi connectivity index (χ2v) is 8.20. The van der Waals surface area contributed by atoms with Gasteiger partial charge >= 0.3 is 0 Å². The zero-order valence-corrected chi connectivity index (χ0v) is 19.5. The fraction of sp³-hybridized carbons (Fsp3) is 0.273. The molecule has 2 heterocycles. The van der Waals surface area contributed by atoms with Crippen LogP contribution in [0.1, 0.15) is 35.1 Å². The summed E-state index contributed by atoms with van der Waals surface area (Å²) in [4.78, 5) is 35.2. The number of amides is 1. The Bertz CT molecular complexity index is 1220. The van der Waals surface area contributed by atoms with Gasteiger partial charge in [0.05, 0.1) is 30.2 Å². The number of nitrogens with zero attached hydrogens (tertiary/aromatic N) is 2. The molecule has 0 aliphatic carbocycles. The number of halogens is 3. The SMILES string of the molecule is Cc1[nH]c(=O)c(Br)c(OCc2ccc(F)cc2F)c1Cc1cnc(CNC(=O)[C@@H](C)N)cn1. The summed E-state index contributed by atoms with van der Waals surface area (Å²) >= 11 is 3.23. The summed E-state index contributed by atoms with van der Waals surface area (Å²) in [5.74, 6) is -1.50. The molecule has 3 aromatic rings. The molecule has 8 nitrogen and oxygen atoms in total. The predicted molar refractivity (Wildman–Crippen MR) is 121 cm³/mol. The summed E-state index contributed by atoms with van der Waals surface area (Å²) in [6.45, 7) is 3.28. The molecule has 0 aliphatic rings. The van der Waals surface area contributed by atoms with Crippen molar-refractivity contribution in [2.45, 2.75) is 39.5 Å². The molecule has 2 aromatic heterocycles. The third-order valence-electron chi connectivity index (χ3n) is 4.79. The number of nitrogens with one attached hydrogen (secondary N) is 2. The van der Waals surface area contributed by atoms with Gasteiger partial charge in [-0.2, -0.15) is 0 Å². The molecule has 11 heteroatoms. The number of nitrogens with two attached hydrogens (primary N) is 1. The minimum Gasteiger partial charge on any atom is -0.487 e. The van der Waals surface area contributed by atoms with E-state index in [1.54, 1.807) is 20.0 Å². The van der Waals surface area contributed by atoms with Crippen molar-refractivity contribution >= 4 is 21.8 Å². The van der Waals surface area contributed by atoms with Gasteiger partial charge in [-0.05, 0) is 41.9 Å². The fourth-order valence-electron chi connectivity index (χ4n) is 2.94. The minimum absolute atomic E-state index is 0.144. The van der Waals surface area contributed by atoms with Gasteiger partial charge in [-0.15, -0.1) is 0 Å². The Kier molecular flexibility index (Phi) is 7.88. The molecule has 0 aliphatic heterocycles. The lowest BCUT2D eigenvalue weighted by Gasteiger charge is -2.16. The number of carbonyl (C=O) groups excluding carboxylic acids is 1. The highest BCUT2D eigenvalue weighted by molar-refractivity contribution is 9.10. The van der Waals surface area contributed by atoms with E-state index in [4.69, 9.17) is 10.5 Å². The van der Waals surface area contributed by atoms with Crippen LogP contribution >= 0.6 is 15.9 Å². The van der Waals surface area contributed by atoms with Crippen molar-refractivity contribution in [2.75, 3.05) is 0 Å². The Labute approximate surface area is 196 Å². The van der Waals surface area contributed by atoms with Crippen molar-refractivity contribution in [1.29, 1.82) is 0 Å². The van der Waals surface area contributed by atoms with E-state index in [0.29, 0.717) is 22.6 Å². The molecular formula is C22H22BrF2N5O3. The largest absolute Gasteiger partial charge is 0.487 e. The van der Waals surface area contributed by atoms with Gasteiger partial charge in [0.1, 0.15) is 28.5 Å². The smallest absolute Gasteiger partial charge is 0.266 e. The first kappa shape index (κ1) is 24.5. The molecule has 1 amide bonds. The van der Waals surface area contributed by atoms with Crippen LogP contribution in [0.4, 0.5) is 8.78 Å². The van der Waals surface area contributed by atoms with E-state index in [1.807, 2.05) is 0 Å². The molecule has 1 aromatic carbocycles. The first-order chi connectivity index (χ1) is 15.7. The molecule has 4 N–H and O–H groups in total. The molecular weight excluding hydrogens is 500 g/mol. The van der Waals surface area contributed by atoms with Crippen LogP contribution in [-0.4, -0.2) is 26.9 Å². The molecule has 0 saturated heterocycles. The lowest BCUT2D eigenvalue weighted by molar-refractivity contribution is -0.122. The standard InChI is InChI=1S/C22H22BrF2N5O3/c1-11(26)21(31)29-9-16-8-27-15(7-28-16)6-17-12(2)30-22(32)19(23)20(17)33-10-13-3-4-14(24)5-18(13)25/h3-5,7-8,11H,6,9-10,26H2,1-2H3,(H,29,31)(H,30,32)/t11-/m1/s1. The third kappa shape index (κ3) is 6.20. The summed E-state index contributed by atoms with van der Waals surface area (Å²) in [5, 5.41) is 2.65. The second kappa shape index (κ2) is 10.6. The number of aryl methyl sites for hydroxylation is 1. The molecule has 0 fully saturated rings. The van der Waals surface area contributed by atoms with Crippen LogP contribution in [-0.2, 0) is 24.4 Å². The quantitative estimate of drug-likeness (QED) is 0.418. The summed E-state index contributed by atoms with van der Waals surface area (Å²) < 4.78 is 33.1. The van der Waals surface area contributed by atoms with Crippen molar-refractivity contribution in [3.63, 3.8) is 0 Å². The average molecular weight is 522 g/mol. The van der Waals surface area contributed by atoms with Gasteiger partial charge in [-0.3, -0.25) is 19.6 Å². The minimum atomic E-state index is -0.744. The molecule has 0 unspecified atom stereocenters. The number of carbonyl (C=O) groups is 1. The number of ether oxygens (including phenoxy) is 1. The molecule has 33 heavy (non-hydrogen) atoms. The van der Waals surface area contributed by atoms with Gasteiger partial charge in [-0.25, -0.2) is 8.78 Å². The van der Waals surface area contributed by atoms with Crippen LogP contribution < -0.4 is 21.3 Å². The van der Waals surface area contributed by atoms with Gasteiger partial charge in [-0.1, -0.05) is 0 Å². The van der Waals surface area contributed by atoms with E-state index in [1.165, 1.54) is 12.3 Å². The lowest BCUT2D eigenvalue weighted by Crippen LogP contribution is -2.38. The predicted octanol–water partition coefficient (Wildman–Crippen LogP) is 2.65. The van der Waals surface area contributed by atoms with Crippen LogP contribution in [0, 0.1) is 18.6 Å². The highest BCUT2D eigenvalue weighted by Crippen LogP contribution is 2.30. The highest BCUT2D eigenvalue weighted by atomic mass is 79.9. The zero-order valence-electron chi connectivity index (χ0n) is 17.9. The Balaban J connectivity index is 1.80. The van der Waals surface area contributed by atoms with Crippen molar-refractivity contribution < 1.29 is 18.3 Å². The van der Waals surface area contributed by atoms with E-state index >= 15 is 0 Å². The van der Waals surface area contributed by atoms with Gasteiger partial charge in [0.25, 0.3) is 5.56 Å². The maximum absolute atomic E-state index is 14.0. The number of pyridine rings is 1. The summed E-state index contributed by atoms with van der Waals surface area (Å²) in [7, 11) is 0. The number of rotatable bonds is 8. The summed E-state index contributed by atoms with van der Waals surface area (Å²) in [6.07, 6.45) is 3.35. The molecule has 3 rings (SSSR count). The topological polar surface area (TPSA) is 123 Å². The summed E-state index contributed by atoms with van der Waals surface area (Å²) in [6, 6.07) is 2.56. The first-order valence-electron chi connectivity index (χ1n) is 9.96. The normalized spacial score (nSPS) is 11.8. The first-order valence-corrected chi connectivity index (χ1v) is 10.8. The number of aromatic amines is 1. The molecule has 174 valence electrons. The third-order valence-corrected chi connectivity index (χ3v) is 5.51. The zero-order chi connectivity index (χ0) is 24.1. The highest BCUT2D eigenvalue weighted by Gasteiger charge is 2.18. The van der Waals surface area contributed by atoms with Crippen LogP contribution in [0.2, 0.25) is 0 Å². The van der Waals surface area contributed by atoms with E-state index in [2.05, 4.69) is 36.2 Å². The molecule has 0 radical (unpaired) electrons. The van der Waals surface area contributed by atoms with Gasteiger partial charge in [0.15, 0.2) is 0 Å². The number of hydrogen-bond donors (Lipinski definition) is 3. The van der Waals surface area contributed by atoms with Crippen LogP contribution in [0.5, 0.6) is 5.75 Å². The molecule has 0 bridgehead atoms. The number of H-pyrrole nitrogens is 1. The molecule has 0 saturated carbocycles. The molecule has 0 spiro atoms. The van der Waals surface area contributed by atoms with Crippen LogP contribution in [0.3, 0.4) is 0 Å². The van der Waals surface area contributed by atoms with E-state index in [9.17, 15) is 18.4 Å². The molecule has 1 atom stereocenters. The van der Waals surface area contributed by atoms with Crippen molar-refractivity contribution in [1.82, 2.24) is 20.3 Å². The number of hydrogen-bond acceptors (Lipinski definition) is 6. The number of benzene rings is 1. The maximum Gasteiger partial charge on any atom is 0.266 e. The Morgan fingerprint density at radius 3 is 2.61 bits per heavy atom. The Hall–Kier alpha value is -3.18.